The summed E-state index contributed by atoms with van der Waals surface area (Å²) >= 11 is 0. The van der Waals surface area contributed by atoms with Gasteiger partial charge in [-0.3, -0.25) is 9.69 Å². The highest BCUT2D eigenvalue weighted by Gasteiger charge is 2.33. The highest BCUT2D eigenvalue weighted by Crippen LogP contribution is 2.29. The van der Waals surface area contributed by atoms with Crippen molar-refractivity contribution in [1.29, 1.82) is 0 Å². The van der Waals surface area contributed by atoms with Crippen LogP contribution in [0.15, 0.2) is 77.6 Å². The number of fused-ring (bicyclic) bond motifs is 1. The molecule has 39 heavy (non-hydrogen) atoms. The van der Waals surface area contributed by atoms with Gasteiger partial charge >= 0.3 is 0 Å². The van der Waals surface area contributed by atoms with E-state index in [1.807, 2.05) is 31.2 Å². The first-order valence-electron chi connectivity index (χ1n) is 12.8. The molecule has 1 fully saturated rings. The van der Waals surface area contributed by atoms with Crippen molar-refractivity contribution in [2.75, 3.05) is 31.1 Å². The maximum atomic E-state index is 13.5. The molecule has 1 N–H and O–H groups in total. The number of benzene rings is 3. The van der Waals surface area contributed by atoms with Crippen molar-refractivity contribution in [2.24, 2.45) is 0 Å². The molecule has 6 rings (SSSR count). The van der Waals surface area contributed by atoms with Crippen LogP contribution < -0.4 is 10.5 Å². The molecule has 0 bridgehead atoms. The molecule has 0 saturated carbocycles. The van der Waals surface area contributed by atoms with Gasteiger partial charge < -0.3 is 9.88 Å². The Balaban J connectivity index is 1.37. The average Bonchev–Trinajstić information content (AvgIpc) is 3.39. The number of anilines is 1. The van der Waals surface area contributed by atoms with Gasteiger partial charge in [-0.15, -0.1) is 5.10 Å². The number of nitrogens with zero attached hydrogens (tertiary/aromatic N) is 6. The third kappa shape index (κ3) is 5.15. The van der Waals surface area contributed by atoms with Crippen molar-refractivity contribution in [3.63, 3.8) is 0 Å². The number of nitrogens with one attached hydrogen (secondary N) is 1. The van der Waals surface area contributed by atoms with Crippen LogP contribution in [0.3, 0.4) is 0 Å². The Bertz CT molecular complexity index is 1660. The Morgan fingerprint density at radius 1 is 0.897 bits per heavy atom. The maximum absolute atomic E-state index is 13.5. The van der Waals surface area contributed by atoms with Crippen LogP contribution in [0, 0.1) is 18.6 Å². The zero-order valence-electron chi connectivity index (χ0n) is 21.4. The lowest BCUT2D eigenvalue weighted by Gasteiger charge is -2.39. The third-order valence-electron chi connectivity index (χ3n) is 7.25. The number of rotatable bonds is 6. The SMILES string of the molecule is Cc1ccc2cc([C@@H](c3nnnn3Cc3ccc(F)cc3)N3CCN(c4ccc(F)cc4)CC3)c(=O)[nH]c2c1. The minimum Gasteiger partial charge on any atom is -0.369 e. The summed E-state index contributed by atoms with van der Waals surface area (Å²) < 4.78 is 28.6. The summed E-state index contributed by atoms with van der Waals surface area (Å²) in [5.41, 5.74) is 3.98. The Labute approximate surface area is 223 Å². The van der Waals surface area contributed by atoms with Crippen molar-refractivity contribution < 1.29 is 8.78 Å². The van der Waals surface area contributed by atoms with Gasteiger partial charge in [0.25, 0.3) is 5.56 Å². The molecule has 3 heterocycles. The van der Waals surface area contributed by atoms with Crippen molar-refractivity contribution in [1.82, 2.24) is 30.1 Å². The number of aromatic nitrogens is 5. The second kappa shape index (κ2) is 10.4. The van der Waals surface area contributed by atoms with Crippen LogP contribution in [-0.2, 0) is 6.54 Å². The molecule has 10 heteroatoms. The summed E-state index contributed by atoms with van der Waals surface area (Å²) in [5, 5.41) is 13.5. The third-order valence-corrected chi connectivity index (χ3v) is 7.25. The lowest BCUT2D eigenvalue weighted by atomic mass is 10.0. The normalized spacial score (nSPS) is 15.1. The van der Waals surface area contributed by atoms with Gasteiger partial charge in [-0.2, -0.15) is 0 Å². The summed E-state index contributed by atoms with van der Waals surface area (Å²) in [5.74, 6) is -0.0480. The quantitative estimate of drug-likeness (QED) is 0.359. The second-order valence-electron chi connectivity index (χ2n) is 9.87. The van der Waals surface area contributed by atoms with Gasteiger partial charge in [0.15, 0.2) is 5.82 Å². The fourth-order valence-electron chi connectivity index (χ4n) is 5.21. The van der Waals surface area contributed by atoms with Crippen molar-refractivity contribution in [2.45, 2.75) is 19.5 Å². The molecule has 198 valence electrons. The molecule has 1 aliphatic rings. The van der Waals surface area contributed by atoms with E-state index >= 15 is 0 Å². The molecular formula is C29H27F2N7O. The molecule has 1 aliphatic heterocycles. The molecule has 1 atom stereocenters. The van der Waals surface area contributed by atoms with Crippen molar-refractivity contribution in [3.8, 4) is 0 Å². The number of halogens is 2. The molecule has 0 amide bonds. The van der Waals surface area contributed by atoms with Gasteiger partial charge in [-0.1, -0.05) is 24.3 Å². The predicted molar refractivity (Wildman–Crippen MR) is 145 cm³/mol. The van der Waals surface area contributed by atoms with Crippen molar-refractivity contribution in [3.05, 3.63) is 117 Å². The monoisotopic (exact) mass is 527 g/mol. The molecule has 5 aromatic rings. The minimum atomic E-state index is -0.509. The topological polar surface area (TPSA) is 82.9 Å². The van der Waals surface area contributed by atoms with Gasteiger partial charge in [-0.25, -0.2) is 13.5 Å². The lowest BCUT2D eigenvalue weighted by Crippen LogP contribution is -2.49. The number of tetrazole rings is 1. The minimum absolute atomic E-state index is 0.199. The fourth-order valence-corrected chi connectivity index (χ4v) is 5.21. The highest BCUT2D eigenvalue weighted by molar-refractivity contribution is 5.79. The largest absolute Gasteiger partial charge is 0.369 e. The lowest BCUT2D eigenvalue weighted by molar-refractivity contribution is 0.200. The molecular weight excluding hydrogens is 500 g/mol. The van der Waals surface area contributed by atoms with E-state index < -0.39 is 6.04 Å². The van der Waals surface area contributed by atoms with Crippen LogP contribution in [0.5, 0.6) is 0 Å². The van der Waals surface area contributed by atoms with E-state index in [9.17, 15) is 13.6 Å². The summed E-state index contributed by atoms with van der Waals surface area (Å²) in [7, 11) is 0. The average molecular weight is 528 g/mol. The van der Waals surface area contributed by atoms with E-state index in [1.165, 1.54) is 24.3 Å². The Kier molecular flexibility index (Phi) is 6.62. The highest BCUT2D eigenvalue weighted by atomic mass is 19.1. The molecule has 2 aromatic heterocycles. The van der Waals surface area contributed by atoms with Crippen LogP contribution in [0.4, 0.5) is 14.5 Å². The standard InChI is InChI=1S/C29H27F2N7O/c1-19-2-5-21-17-25(29(39)32-26(21)16-19)27(28-33-34-35-38(28)18-20-3-6-22(30)7-4-20)37-14-12-36(13-15-37)24-10-8-23(31)9-11-24/h2-11,16-17,27H,12-15,18H2,1H3,(H,32,39)/t27-/m0/s1. The van der Waals surface area contributed by atoms with E-state index in [0.717, 1.165) is 27.7 Å². The fraction of sp³-hybridized carbons (Fsp3) is 0.241. The zero-order valence-corrected chi connectivity index (χ0v) is 21.4. The predicted octanol–water partition coefficient (Wildman–Crippen LogP) is 4.06. The van der Waals surface area contributed by atoms with Crippen LogP contribution in [0.1, 0.15) is 28.6 Å². The summed E-state index contributed by atoms with van der Waals surface area (Å²) in [6, 6.07) is 20.1. The van der Waals surface area contributed by atoms with Gasteiger partial charge in [0.05, 0.1) is 6.54 Å². The number of aryl methyl sites for hydroxylation is 1. The van der Waals surface area contributed by atoms with Gasteiger partial charge in [-0.05, 0) is 82.4 Å². The Hall–Kier alpha value is -4.44. The summed E-state index contributed by atoms with van der Waals surface area (Å²) in [4.78, 5) is 21.0. The number of piperazine rings is 1. The summed E-state index contributed by atoms with van der Waals surface area (Å²) in [6.07, 6.45) is 0. The van der Waals surface area contributed by atoms with Crippen LogP contribution >= 0.6 is 0 Å². The van der Waals surface area contributed by atoms with E-state index in [1.54, 1.807) is 28.9 Å². The first-order valence-corrected chi connectivity index (χ1v) is 12.8. The number of aromatic amines is 1. The molecule has 0 aliphatic carbocycles. The molecule has 0 radical (unpaired) electrons. The molecule has 8 nitrogen and oxygen atoms in total. The van der Waals surface area contributed by atoms with E-state index in [-0.39, 0.29) is 17.2 Å². The maximum Gasteiger partial charge on any atom is 0.253 e. The van der Waals surface area contributed by atoms with Crippen LogP contribution in [0.25, 0.3) is 10.9 Å². The van der Waals surface area contributed by atoms with Gasteiger partial charge in [0.1, 0.15) is 17.7 Å². The van der Waals surface area contributed by atoms with E-state index in [4.69, 9.17) is 0 Å². The molecule has 0 spiro atoms. The molecule has 1 saturated heterocycles. The first kappa shape index (κ1) is 24.9. The number of pyridine rings is 1. The van der Waals surface area contributed by atoms with E-state index in [0.29, 0.717) is 44.1 Å². The zero-order chi connectivity index (χ0) is 26.9. The van der Waals surface area contributed by atoms with Crippen molar-refractivity contribution >= 4 is 16.6 Å². The summed E-state index contributed by atoms with van der Waals surface area (Å²) in [6.45, 7) is 4.96. The van der Waals surface area contributed by atoms with Gasteiger partial charge in [0, 0.05) is 42.9 Å². The molecule has 0 unspecified atom stereocenters. The first-order chi connectivity index (χ1) is 18.9. The van der Waals surface area contributed by atoms with Gasteiger partial charge in [0.2, 0.25) is 0 Å². The van der Waals surface area contributed by atoms with E-state index in [2.05, 4.69) is 30.3 Å². The Morgan fingerprint density at radius 3 is 2.31 bits per heavy atom. The molecule has 3 aromatic carbocycles. The number of hydrogen-bond donors (Lipinski definition) is 1. The Morgan fingerprint density at radius 2 is 1.59 bits per heavy atom. The number of hydrogen-bond acceptors (Lipinski definition) is 6. The number of H-pyrrole nitrogens is 1. The van der Waals surface area contributed by atoms with Crippen LogP contribution in [-0.4, -0.2) is 56.3 Å². The second-order valence-corrected chi connectivity index (χ2v) is 9.87. The van der Waals surface area contributed by atoms with Crippen LogP contribution in [0.2, 0.25) is 0 Å². The smallest absolute Gasteiger partial charge is 0.253 e.